The van der Waals surface area contributed by atoms with E-state index in [0.29, 0.717) is 30.7 Å². The zero-order valence-corrected chi connectivity index (χ0v) is 18.0. The molecule has 0 spiro atoms. The molecule has 1 fully saturated rings. The number of anilines is 4. The minimum Gasteiger partial charge on any atom is -0.378 e. The van der Waals surface area contributed by atoms with Crippen molar-refractivity contribution >= 4 is 35.1 Å². The SMILES string of the molecule is Cc1cc(Nc2ccc(NC(=O)/C=C/c3cc(F)ccc3F)cc2)nc(N2CCOCC2)n1. The van der Waals surface area contributed by atoms with Gasteiger partial charge in [-0.05, 0) is 55.5 Å². The highest BCUT2D eigenvalue weighted by atomic mass is 19.1. The number of morpholine rings is 1. The molecule has 9 heteroatoms. The number of benzene rings is 2. The Balaban J connectivity index is 1.38. The van der Waals surface area contributed by atoms with E-state index in [0.717, 1.165) is 48.7 Å². The van der Waals surface area contributed by atoms with E-state index in [1.165, 1.54) is 6.08 Å². The van der Waals surface area contributed by atoms with Crippen LogP contribution in [0.1, 0.15) is 11.3 Å². The largest absolute Gasteiger partial charge is 0.378 e. The topological polar surface area (TPSA) is 79.4 Å². The third-order valence-corrected chi connectivity index (χ3v) is 4.93. The summed E-state index contributed by atoms with van der Waals surface area (Å²) in [4.78, 5) is 23.3. The Morgan fingerprint density at radius 2 is 1.76 bits per heavy atom. The van der Waals surface area contributed by atoms with Gasteiger partial charge in [0, 0.05) is 47.9 Å². The normalized spacial score (nSPS) is 13.8. The minimum absolute atomic E-state index is 0.00120. The Morgan fingerprint density at radius 1 is 1.03 bits per heavy atom. The van der Waals surface area contributed by atoms with Crippen LogP contribution in [0.15, 0.2) is 54.6 Å². The van der Waals surface area contributed by atoms with Crippen molar-refractivity contribution < 1.29 is 18.3 Å². The lowest BCUT2D eigenvalue weighted by molar-refractivity contribution is -0.111. The standard InChI is InChI=1S/C24H23F2N5O2/c1-16-14-22(30-24(27-16)31-10-12-33-13-11-31)28-19-4-6-20(7-5-19)29-23(32)9-2-17-15-18(25)3-8-21(17)26/h2-9,14-15H,10-13H2,1H3,(H,29,32)(H,27,28,30)/b9-2+. The molecule has 33 heavy (non-hydrogen) atoms. The number of halogens is 2. The van der Waals surface area contributed by atoms with Gasteiger partial charge in [0.25, 0.3) is 0 Å². The molecule has 0 unspecified atom stereocenters. The van der Waals surface area contributed by atoms with E-state index in [2.05, 4.69) is 25.5 Å². The van der Waals surface area contributed by atoms with Crippen molar-refractivity contribution in [3.8, 4) is 0 Å². The fourth-order valence-electron chi connectivity index (χ4n) is 3.30. The Kier molecular flexibility index (Phi) is 6.89. The van der Waals surface area contributed by atoms with Crippen molar-refractivity contribution in [2.75, 3.05) is 41.8 Å². The molecule has 3 aromatic rings. The van der Waals surface area contributed by atoms with Gasteiger partial charge in [-0.15, -0.1) is 0 Å². The molecular formula is C24H23F2N5O2. The van der Waals surface area contributed by atoms with E-state index in [1.807, 2.05) is 13.0 Å². The van der Waals surface area contributed by atoms with Crippen molar-refractivity contribution in [3.63, 3.8) is 0 Å². The molecule has 0 bridgehead atoms. The number of hydrogen-bond acceptors (Lipinski definition) is 6. The maximum Gasteiger partial charge on any atom is 0.248 e. The molecule has 2 aromatic carbocycles. The number of carbonyl (C=O) groups is 1. The van der Waals surface area contributed by atoms with Gasteiger partial charge < -0.3 is 20.3 Å². The highest BCUT2D eigenvalue weighted by Crippen LogP contribution is 2.21. The van der Waals surface area contributed by atoms with Crippen LogP contribution in [0.25, 0.3) is 6.08 Å². The van der Waals surface area contributed by atoms with Gasteiger partial charge >= 0.3 is 0 Å². The van der Waals surface area contributed by atoms with Gasteiger partial charge in [-0.1, -0.05) is 0 Å². The van der Waals surface area contributed by atoms with E-state index in [1.54, 1.807) is 24.3 Å². The summed E-state index contributed by atoms with van der Waals surface area (Å²) in [5.74, 6) is -0.309. The summed E-state index contributed by atoms with van der Waals surface area (Å²) >= 11 is 0. The van der Waals surface area contributed by atoms with Crippen LogP contribution in [0.5, 0.6) is 0 Å². The van der Waals surface area contributed by atoms with E-state index in [4.69, 9.17) is 4.74 Å². The number of rotatable bonds is 6. The highest BCUT2D eigenvalue weighted by molar-refractivity contribution is 6.02. The minimum atomic E-state index is -0.604. The summed E-state index contributed by atoms with van der Waals surface area (Å²) in [5, 5.41) is 5.93. The average Bonchev–Trinajstić information content (AvgIpc) is 2.81. The molecule has 0 atom stereocenters. The summed E-state index contributed by atoms with van der Waals surface area (Å²) in [6, 6.07) is 12.0. The predicted octanol–water partition coefficient (Wildman–Crippen LogP) is 4.30. The quantitative estimate of drug-likeness (QED) is 0.544. The monoisotopic (exact) mass is 451 g/mol. The second kappa shape index (κ2) is 10.2. The van der Waals surface area contributed by atoms with Gasteiger partial charge in [0.2, 0.25) is 11.9 Å². The number of hydrogen-bond donors (Lipinski definition) is 2. The summed E-state index contributed by atoms with van der Waals surface area (Å²) < 4.78 is 32.3. The lowest BCUT2D eigenvalue weighted by Crippen LogP contribution is -2.37. The molecule has 0 aliphatic carbocycles. The van der Waals surface area contributed by atoms with E-state index < -0.39 is 17.5 Å². The zero-order chi connectivity index (χ0) is 23.2. The van der Waals surface area contributed by atoms with Crippen LogP contribution in [0.3, 0.4) is 0 Å². The molecule has 0 saturated carbocycles. The molecule has 1 aromatic heterocycles. The number of aryl methyl sites for hydroxylation is 1. The first-order valence-corrected chi connectivity index (χ1v) is 10.5. The van der Waals surface area contributed by atoms with Crippen LogP contribution in [-0.4, -0.2) is 42.2 Å². The number of carbonyl (C=O) groups excluding carboxylic acids is 1. The van der Waals surface area contributed by atoms with Crippen molar-refractivity contribution in [1.29, 1.82) is 0 Å². The Hall–Kier alpha value is -3.85. The van der Waals surface area contributed by atoms with Gasteiger partial charge in [-0.3, -0.25) is 4.79 Å². The maximum atomic E-state index is 13.7. The molecule has 1 amide bonds. The second-order valence-corrected chi connectivity index (χ2v) is 7.48. The number of aromatic nitrogens is 2. The molecule has 2 N–H and O–H groups in total. The lowest BCUT2D eigenvalue weighted by atomic mass is 10.2. The summed E-state index contributed by atoms with van der Waals surface area (Å²) in [7, 11) is 0. The lowest BCUT2D eigenvalue weighted by Gasteiger charge is -2.27. The average molecular weight is 451 g/mol. The Labute approximate surface area is 190 Å². The van der Waals surface area contributed by atoms with Crippen molar-refractivity contribution in [2.24, 2.45) is 0 Å². The third kappa shape index (κ3) is 6.11. The molecular weight excluding hydrogens is 428 g/mol. The van der Waals surface area contributed by atoms with Gasteiger partial charge in [-0.25, -0.2) is 13.8 Å². The number of amides is 1. The van der Waals surface area contributed by atoms with Crippen LogP contribution < -0.4 is 15.5 Å². The maximum absolute atomic E-state index is 13.7. The first-order valence-electron chi connectivity index (χ1n) is 10.5. The van der Waals surface area contributed by atoms with Crippen molar-refractivity contribution in [3.05, 3.63) is 77.5 Å². The fraction of sp³-hybridized carbons (Fsp3) is 0.208. The number of nitrogens with zero attached hydrogens (tertiary/aromatic N) is 3. The highest BCUT2D eigenvalue weighted by Gasteiger charge is 2.15. The van der Waals surface area contributed by atoms with E-state index in [-0.39, 0.29) is 5.56 Å². The molecule has 0 radical (unpaired) electrons. The molecule has 170 valence electrons. The second-order valence-electron chi connectivity index (χ2n) is 7.48. The molecule has 2 heterocycles. The van der Waals surface area contributed by atoms with Gasteiger partial charge in [0.1, 0.15) is 17.5 Å². The van der Waals surface area contributed by atoms with Crippen LogP contribution in [-0.2, 0) is 9.53 Å². The smallest absolute Gasteiger partial charge is 0.248 e. The van der Waals surface area contributed by atoms with Crippen LogP contribution in [0.2, 0.25) is 0 Å². The van der Waals surface area contributed by atoms with Gasteiger partial charge in [0.05, 0.1) is 13.2 Å². The zero-order valence-electron chi connectivity index (χ0n) is 18.0. The number of nitrogens with one attached hydrogen (secondary N) is 2. The van der Waals surface area contributed by atoms with E-state index >= 15 is 0 Å². The summed E-state index contributed by atoms with van der Waals surface area (Å²) in [6.45, 7) is 4.72. The van der Waals surface area contributed by atoms with Crippen molar-refractivity contribution in [2.45, 2.75) is 6.92 Å². The summed E-state index contributed by atoms with van der Waals surface area (Å²) in [6.07, 6.45) is 2.38. The molecule has 7 nitrogen and oxygen atoms in total. The van der Waals surface area contributed by atoms with Crippen LogP contribution in [0, 0.1) is 18.6 Å². The van der Waals surface area contributed by atoms with Gasteiger partial charge in [0.15, 0.2) is 0 Å². The third-order valence-electron chi connectivity index (χ3n) is 4.93. The van der Waals surface area contributed by atoms with E-state index in [9.17, 15) is 13.6 Å². The van der Waals surface area contributed by atoms with Crippen LogP contribution in [0.4, 0.5) is 31.9 Å². The molecule has 1 aliphatic heterocycles. The molecule has 1 saturated heterocycles. The van der Waals surface area contributed by atoms with Crippen molar-refractivity contribution in [1.82, 2.24) is 9.97 Å². The summed E-state index contributed by atoms with van der Waals surface area (Å²) in [5.41, 5.74) is 2.19. The fourth-order valence-corrected chi connectivity index (χ4v) is 3.30. The Morgan fingerprint density at radius 3 is 2.52 bits per heavy atom. The molecule has 4 rings (SSSR count). The van der Waals surface area contributed by atoms with Gasteiger partial charge in [-0.2, -0.15) is 4.98 Å². The van der Waals surface area contributed by atoms with Crippen LogP contribution >= 0.6 is 0 Å². The first kappa shape index (κ1) is 22.3. The number of ether oxygens (including phenoxy) is 1. The first-order chi connectivity index (χ1) is 16.0. The molecule has 1 aliphatic rings. The predicted molar refractivity (Wildman–Crippen MR) is 124 cm³/mol. The Bertz CT molecular complexity index is 1160.